The summed E-state index contributed by atoms with van der Waals surface area (Å²) in [5.41, 5.74) is 1.80. The molecular formula is C19H19N3O2S. The van der Waals surface area contributed by atoms with Gasteiger partial charge in [0.25, 0.3) is 5.56 Å². The van der Waals surface area contributed by atoms with Gasteiger partial charge in [0.1, 0.15) is 11.4 Å². The Hall–Kier alpha value is -2.47. The predicted molar refractivity (Wildman–Crippen MR) is 99.9 cm³/mol. The van der Waals surface area contributed by atoms with Crippen LogP contribution in [0.15, 0.2) is 41.5 Å². The lowest BCUT2D eigenvalue weighted by Crippen LogP contribution is -2.34. The third-order valence-corrected chi connectivity index (χ3v) is 5.69. The molecular weight excluding hydrogens is 334 g/mol. The second-order valence-electron chi connectivity index (χ2n) is 6.34. The first-order valence-electron chi connectivity index (χ1n) is 8.47. The van der Waals surface area contributed by atoms with Crippen molar-refractivity contribution in [1.82, 2.24) is 14.5 Å². The molecule has 0 bridgehead atoms. The number of hydrogen-bond acceptors (Lipinski definition) is 4. The molecule has 25 heavy (non-hydrogen) atoms. The molecule has 128 valence electrons. The van der Waals surface area contributed by atoms with Crippen LogP contribution in [-0.4, -0.2) is 33.4 Å². The van der Waals surface area contributed by atoms with E-state index in [0.717, 1.165) is 46.8 Å². The van der Waals surface area contributed by atoms with Crippen LogP contribution < -0.4 is 5.56 Å². The summed E-state index contributed by atoms with van der Waals surface area (Å²) in [6.45, 7) is 3.64. The Kier molecular flexibility index (Phi) is 4.13. The highest BCUT2D eigenvalue weighted by atomic mass is 32.1. The number of benzene rings is 1. The van der Waals surface area contributed by atoms with E-state index in [1.807, 2.05) is 42.2 Å². The van der Waals surface area contributed by atoms with Gasteiger partial charge in [-0.25, -0.2) is 4.98 Å². The fourth-order valence-corrected chi connectivity index (χ4v) is 4.42. The van der Waals surface area contributed by atoms with E-state index in [1.54, 1.807) is 0 Å². The maximum Gasteiger partial charge on any atom is 0.263 e. The fraction of sp³-hybridized carbons (Fsp3) is 0.316. The average molecular weight is 353 g/mol. The molecule has 1 aliphatic heterocycles. The van der Waals surface area contributed by atoms with Crippen LogP contribution in [0.4, 0.5) is 0 Å². The molecule has 0 unspecified atom stereocenters. The van der Waals surface area contributed by atoms with Crippen molar-refractivity contribution in [3.63, 3.8) is 0 Å². The van der Waals surface area contributed by atoms with Gasteiger partial charge in [-0.1, -0.05) is 30.3 Å². The monoisotopic (exact) mass is 353 g/mol. The summed E-state index contributed by atoms with van der Waals surface area (Å²) in [4.78, 5) is 33.5. The highest BCUT2D eigenvalue weighted by Crippen LogP contribution is 2.35. The third-order valence-electron chi connectivity index (χ3n) is 4.68. The third kappa shape index (κ3) is 2.87. The van der Waals surface area contributed by atoms with Crippen molar-refractivity contribution >= 4 is 27.5 Å². The molecule has 1 aromatic carbocycles. The topological polar surface area (TPSA) is 55.2 Å². The Morgan fingerprint density at radius 2 is 1.92 bits per heavy atom. The zero-order valence-corrected chi connectivity index (χ0v) is 14.9. The molecule has 4 rings (SSSR count). The van der Waals surface area contributed by atoms with E-state index in [9.17, 15) is 9.59 Å². The van der Waals surface area contributed by atoms with Crippen molar-refractivity contribution in [2.24, 2.45) is 0 Å². The van der Waals surface area contributed by atoms with Gasteiger partial charge >= 0.3 is 0 Å². The number of amides is 1. The molecule has 1 saturated heterocycles. The van der Waals surface area contributed by atoms with Crippen molar-refractivity contribution in [1.29, 1.82) is 0 Å². The Labute approximate surface area is 149 Å². The number of aromatic nitrogens is 2. The van der Waals surface area contributed by atoms with E-state index in [2.05, 4.69) is 4.98 Å². The predicted octanol–water partition coefficient (Wildman–Crippen LogP) is 3.06. The van der Waals surface area contributed by atoms with Crippen LogP contribution in [0.1, 0.15) is 17.7 Å². The van der Waals surface area contributed by atoms with Crippen LogP contribution in [0, 0.1) is 6.92 Å². The van der Waals surface area contributed by atoms with Gasteiger partial charge < -0.3 is 4.90 Å². The molecule has 1 aliphatic rings. The Morgan fingerprint density at radius 1 is 1.20 bits per heavy atom. The number of aryl methyl sites for hydroxylation is 1. The van der Waals surface area contributed by atoms with Crippen LogP contribution >= 0.6 is 11.3 Å². The van der Waals surface area contributed by atoms with Gasteiger partial charge in [-0.15, -0.1) is 11.3 Å². The van der Waals surface area contributed by atoms with Crippen molar-refractivity contribution in [2.75, 3.05) is 13.1 Å². The summed E-state index contributed by atoms with van der Waals surface area (Å²) in [6, 6.07) is 9.88. The molecule has 0 N–H and O–H groups in total. The molecule has 1 amide bonds. The number of likely N-dealkylation sites (tertiary alicyclic amines) is 1. The van der Waals surface area contributed by atoms with Crippen LogP contribution in [0.3, 0.4) is 0 Å². The minimum absolute atomic E-state index is 0.00559. The maximum absolute atomic E-state index is 13.0. The molecule has 3 aromatic rings. The summed E-state index contributed by atoms with van der Waals surface area (Å²) in [5, 5.41) is 0.616. The van der Waals surface area contributed by atoms with E-state index in [4.69, 9.17) is 0 Å². The molecule has 0 saturated carbocycles. The number of thiophene rings is 1. The summed E-state index contributed by atoms with van der Waals surface area (Å²) < 4.78 is 1.45. The molecule has 6 heteroatoms. The number of fused-ring (bicyclic) bond motifs is 1. The standard InChI is InChI=1S/C19H19N3O2S/c1-13-16(14-7-3-2-4-8-14)17-18(25-13)20-12-22(19(17)24)11-15(23)21-9-5-6-10-21/h2-4,7-8,12H,5-6,9-11H2,1H3. The van der Waals surface area contributed by atoms with Gasteiger partial charge in [-0.2, -0.15) is 0 Å². The summed E-state index contributed by atoms with van der Waals surface area (Å²) in [6.07, 6.45) is 3.59. The van der Waals surface area contributed by atoms with E-state index < -0.39 is 0 Å². The largest absolute Gasteiger partial charge is 0.341 e. The molecule has 0 aliphatic carbocycles. The second-order valence-corrected chi connectivity index (χ2v) is 7.55. The Morgan fingerprint density at radius 3 is 2.64 bits per heavy atom. The minimum atomic E-state index is -0.138. The Balaban J connectivity index is 1.79. The molecule has 1 fully saturated rings. The maximum atomic E-state index is 13.0. The number of rotatable bonds is 3. The van der Waals surface area contributed by atoms with E-state index in [0.29, 0.717) is 5.39 Å². The van der Waals surface area contributed by atoms with E-state index >= 15 is 0 Å². The zero-order valence-electron chi connectivity index (χ0n) is 14.1. The van der Waals surface area contributed by atoms with Gasteiger partial charge in [0.05, 0.1) is 11.7 Å². The number of carbonyl (C=O) groups is 1. The first-order chi connectivity index (χ1) is 12.1. The zero-order chi connectivity index (χ0) is 17.4. The highest BCUT2D eigenvalue weighted by Gasteiger charge is 2.21. The van der Waals surface area contributed by atoms with Crippen LogP contribution in [-0.2, 0) is 11.3 Å². The average Bonchev–Trinajstić information content (AvgIpc) is 3.26. The SMILES string of the molecule is Cc1sc2ncn(CC(=O)N3CCCC3)c(=O)c2c1-c1ccccc1. The van der Waals surface area contributed by atoms with E-state index in [-0.39, 0.29) is 18.0 Å². The smallest absolute Gasteiger partial charge is 0.263 e. The van der Waals surface area contributed by atoms with Crippen molar-refractivity contribution in [2.45, 2.75) is 26.3 Å². The Bertz CT molecular complexity index is 985. The molecule has 0 atom stereocenters. The van der Waals surface area contributed by atoms with E-state index in [1.165, 1.54) is 22.2 Å². The van der Waals surface area contributed by atoms with Crippen LogP contribution in [0.5, 0.6) is 0 Å². The lowest BCUT2D eigenvalue weighted by atomic mass is 10.0. The number of nitrogens with zero attached hydrogens (tertiary/aromatic N) is 3. The molecule has 5 nitrogen and oxygen atoms in total. The number of hydrogen-bond donors (Lipinski definition) is 0. The summed E-state index contributed by atoms with van der Waals surface area (Å²) in [5.74, 6) is -0.00559. The second kappa shape index (κ2) is 6.44. The summed E-state index contributed by atoms with van der Waals surface area (Å²) in [7, 11) is 0. The quantitative estimate of drug-likeness (QED) is 0.727. The molecule has 2 aromatic heterocycles. The first-order valence-corrected chi connectivity index (χ1v) is 9.28. The first kappa shape index (κ1) is 16.0. The van der Waals surface area contributed by atoms with Crippen molar-refractivity contribution in [3.8, 4) is 11.1 Å². The van der Waals surface area contributed by atoms with Gasteiger partial charge in [0.15, 0.2) is 0 Å². The fourth-order valence-electron chi connectivity index (χ4n) is 3.41. The molecule has 3 heterocycles. The van der Waals surface area contributed by atoms with Gasteiger partial charge in [0, 0.05) is 23.5 Å². The molecule has 0 radical (unpaired) electrons. The number of carbonyl (C=O) groups excluding carboxylic acids is 1. The molecule has 0 spiro atoms. The normalized spacial score (nSPS) is 14.4. The van der Waals surface area contributed by atoms with Gasteiger partial charge in [-0.05, 0) is 25.3 Å². The lowest BCUT2D eigenvalue weighted by molar-refractivity contribution is -0.130. The minimum Gasteiger partial charge on any atom is -0.341 e. The van der Waals surface area contributed by atoms with Crippen molar-refractivity contribution < 1.29 is 4.79 Å². The van der Waals surface area contributed by atoms with Crippen LogP contribution in [0.25, 0.3) is 21.3 Å². The van der Waals surface area contributed by atoms with Gasteiger partial charge in [0.2, 0.25) is 5.91 Å². The summed E-state index contributed by atoms with van der Waals surface area (Å²) >= 11 is 1.52. The van der Waals surface area contributed by atoms with Crippen molar-refractivity contribution in [3.05, 3.63) is 51.9 Å². The highest BCUT2D eigenvalue weighted by molar-refractivity contribution is 7.19. The van der Waals surface area contributed by atoms with Gasteiger partial charge in [-0.3, -0.25) is 14.2 Å². The van der Waals surface area contributed by atoms with Crippen LogP contribution in [0.2, 0.25) is 0 Å². The lowest BCUT2D eigenvalue weighted by Gasteiger charge is -2.15.